The van der Waals surface area contributed by atoms with Gasteiger partial charge in [0.05, 0.1) is 21.1 Å². The van der Waals surface area contributed by atoms with Crippen LogP contribution in [0.5, 0.6) is 0 Å². The van der Waals surface area contributed by atoms with E-state index in [1.54, 1.807) is 36.4 Å². The number of hydrogen-bond acceptors (Lipinski definition) is 5. The summed E-state index contributed by atoms with van der Waals surface area (Å²) in [4.78, 5) is 26.9. The van der Waals surface area contributed by atoms with Crippen LogP contribution in [-0.4, -0.2) is 11.8 Å². The van der Waals surface area contributed by atoms with E-state index in [9.17, 15) is 9.59 Å². The number of benzene rings is 2. The number of amides is 2. The van der Waals surface area contributed by atoms with Crippen molar-refractivity contribution in [3.63, 3.8) is 0 Å². The van der Waals surface area contributed by atoms with Crippen molar-refractivity contribution >= 4 is 59.8 Å². The molecule has 0 saturated heterocycles. The summed E-state index contributed by atoms with van der Waals surface area (Å²) in [5.41, 5.74) is 1.25. The first-order valence-corrected chi connectivity index (χ1v) is 9.04. The fourth-order valence-corrected chi connectivity index (χ4v) is 3.34. The quantitative estimate of drug-likeness (QED) is 0.486. The van der Waals surface area contributed by atoms with Crippen molar-refractivity contribution in [2.45, 2.75) is 9.79 Å². The summed E-state index contributed by atoms with van der Waals surface area (Å²) in [5, 5.41) is 5.58. The highest BCUT2D eigenvalue weighted by molar-refractivity contribution is 7.80. The molecule has 0 aliphatic carbocycles. The van der Waals surface area contributed by atoms with E-state index in [-0.39, 0.29) is 11.8 Å². The zero-order valence-corrected chi connectivity index (χ0v) is 15.5. The number of thiol groups is 2. The Morgan fingerprint density at radius 1 is 0.680 bits per heavy atom. The van der Waals surface area contributed by atoms with Gasteiger partial charge in [0, 0.05) is 9.79 Å². The fraction of sp³-hybridized carbons (Fsp3) is 0. The van der Waals surface area contributed by atoms with Crippen LogP contribution in [0.1, 0.15) is 19.3 Å². The van der Waals surface area contributed by atoms with Crippen LogP contribution in [0, 0.1) is 0 Å². The summed E-state index contributed by atoms with van der Waals surface area (Å²) in [5.74, 6) is -0.555. The third-order valence-electron chi connectivity index (χ3n) is 3.36. The molecule has 0 saturated carbocycles. The number of hydrogen-bond donors (Lipinski definition) is 4. The predicted octanol–water partition coefficient (Wildman–Crippen LogP) is 4.83. The first kappa shape index (κ1) is 17.6. The average Bonchev–Trinajstić information content (AvgIpc) is 3.09. The van der Waals surface area contributed by atoms with Gasteiger partial charge < -0.3 is 10.6 Å². The largest absolute Gasteiger partial charge is 0.320 e. The molecule has 0 unspecified atom stereocenters. The van der Waals surface area contributed by atoms with Gasteiger partial charge in [-0.3, -0.25) is 9.59 Å². The van der Waals surface area contributed by atoms with Gasteiger partial charge >= 0.3 is 0 Å². The molecular weight excluding hydrogens is 372 g/mol. The van der Waals surface area contributed by atoms with E-state index in [1.807, 2.05) is 24.3 Å². The summed E-state index contributed by atoms with van der Waals surface area (Å²) in [6, 6.07) is 17.7. The van der Waals surface area contributed by atoms with Gasteiger partial charge in [-0.05, 0) is 36.4 Å². The summed E-state index contributed by atoms with van der Waals surface area (Å²) in [6.07, 6.45) is 0. The standard InChI is InChI=1S/C18H14N2O2S3/c21-17(19-11-5-1-3-7-13(11)23)15-9-10-16(25-15)18(22)20-12-6-2-4-8-14(12)24/h1-10,23-24H,(H,19,21)(H,20,22). The zero-order chi connectivity index (χ0) is 17.8. The van der Waals surface area contributed by atoms with E-state index in [4.69, 9.17) is 0 Å². The molecule has 2 aromatic carbocycles. The first-order chi connectivity index (χ1) is 12.0. The molecule has 4 nitrogen and oxygen atoms in total. The number of carbonyl (C=O) groups excluding carboxylic acids is 2. The molecule has 1 aromatic heterocycles. The molecule has 0 radical (unpaired) electrons. The molecule has 0 spiro atoms. The maximum absolute atomic E-state index is 12.3. The van der Waals surface area contributed by atoms with Crippen molar-refractivity contribution in [3.05, 3.63) is 70.4 Å². The summed E-state index contributed by atoms with van der Waals surface area (Å²) < 4.78 is 0. The Labute approximate surface area is 160 Å². The highest BCUT2D eigenvalue weighted by Crippen LogP contribution is 2.24. The Bertz CT molecular complexity index is 863. The molecule has 2 amide bonds. The van der Waals surface area contributed by atoms with Gasteiger partial charge in [-0.2, -0.15) is 0 Å². The SMILES string of the molecule is O=C(Nc1ccccc1S)c1ccc(C(=O)Nc2ccccc2S)s1. The molecule has 1 heterocycles. The molecule has 0 bridgehead atoms. The molecule has 0 aliphatic heterocycles. The van der Waals surface area contributed by atoms with Crippen molar-refractivity contribution in [2.75, 3.05) is 10.6 Å². The van der Waals surface area contributed by atoms with Gasteiger partial charge in [0.25, 0.3) is 11.8 Å². The van der Waals surface area contributed by atoms with Gasteiger partial charge in [-0.15, -0.1) is 36.6 Å². The fourth-order valence-electron chi connectivity index (χ4n) is 2.11. The van der Waals surface area contributed by atoms with Crippen LogP contribution in [0.25, 0.3) is 0 Å². The van der Waals surface area contributed by atoms with E-state index in [0.717, 1.165) is 11.3 Å². The third-order valence-corrected chi connectivity index (χ3v) is 5.22. The number of nitrogens with one attached hydrogen (secondary N) is 2. The molecule has 7 heteroatoms. The highest BCUT2D eigenvalue weighted by atomic mass is 32.1. The van der Waals surface area contributed by atoms with Gasteiger partial charge in [0.15, 0.2) is 0 Å². The Kier molecular flexibility index (Phi) is 5.47. The number of thiophene rings is 1. The van der Waals surface area contributed by atoms with Gasteiger partial charge in [0.1, 0.15) is 0 Å². The van der Waals surface area contributed by atoms with Crippen molar-refractivity contribution in [1.29, 1.82) is 0 Å². The molecule has 0 fully saturated rings. The Balaban J connectivity index is 1.71. The minimum atomic E-state index is -0.278. The number of para-hydroxylation sites is 2. The van der Waals surface area contributed by atoms with E-state index in [1.165, 1.54) is 0 Å². The van der Waals surface area contributed by atoms with Crippen LogP contribution in [0.4, 0.5) is 11.4 Å². The number of anilines is 2. The number of rotatable bonds is 4. The maximum atomic E-state index is 12.3. The van der Waals surface area contributed by atoms with E-state index in [2.05, 4.69) is 35.9 Å². The van der Waals surface area contributed by atoms with Gasteiger partial charge in [-0.1, -0.05) is 24.3 Å². The van der Waals surface area contributed by atoms with Crippen LogP contribution < -0.4 is 10.6 Å². The molecule has 3 aromatic rings. The summed E-state index contributed by atoms with van der Waals surface area (Å²) >= 11 is 9.74. The Hall–Kier alpha value is -2.22. The smallest absolute Gasteiger partial charge is 0.265 e. The monoisotopic (exact) mass is 386 g/mol. The average molecular weight is 387 g/mol. The molecule has 0 aliphatic rings. The zero-order valence-electron chi connectivity index (χ0n) is 12.9. The molecular formula is C18H14N2O2S3. The summed E-state index contributed by atoms with van der Waals surface area (Å²) in [7, 11) is 0. The van der Waals surface area contributed by atoms with Crippen LogP contribution in [0.15, 0.2) is 70.5 Å². The van der Waals surface area contributed by atoms with Crippen LogP contribution in [0.2, 0.25) is 0 Å². The second kappa shape index (κ2) is 7.77. The predicted molar refractivity (Wildman–Crippen MR) is 108 cm³/mol. The summed E-state index contributed by atoms with van der Waals surface area (Å²) in [6.45, 7) is 0. The van der Waals surface area contributed by atoms with E-state index in [0.29, 0.717) is 30.9 Å². The number of carbonyl (C=O) groups is 2. The molecule has 2 N–H and O–H groups in total. The molecule has 0 atom stereocenters. The second-order valence-electron chi connectivity index (χ2n) is 5.11. The van der Waals surface area contributed by atoms with Gasteiger partial charge in [-0.25, -0.2) is 0 Å². The van der Waals surface area contributed by atoms with Crippen LogP contribution in [0.3, 0.4) is 0 Å². The van der Waals surface area contributed by atoms with Gasteiger partial charge in [0.2, 0.25) is 0 Å². The minimum absolute atomic E-state index is 0.278. The van der Waals surface area contributed by atoms with Crippen molar-refractivity contribution < 1.29 is 9.59 Å². The van der Waals surface area contributed by atoms with Crippen LogP contribution >= 0.6 is 36.6 Å². The van der Waals surface area contributed by atoms with Crippen molar-refractivity contribution in [2.24, 2.45) is 0 Å². The van der Waals surface area contributed by atoms with Crippen molar-refractivity contribution in [3.8, 4) is 0 Å². The topological polar surface area (TPSA) is 58.2 Å². The maximum Gasteiger partial charge on any atom is 0.265 e. The third kappa shape index (κ3) is 4.25. The lowest BCUT2D eigenvalue weighted by Crippen LogP contribution is -2.11. The van der Waals surface area contributed by atoms with E-state index >= 15 is 0 Å². The second-order valence-corrected chi connectivity index (χ2v) is 7.15. The lowest BCUT2D eigenvalue weighted by Gasteiger charge is -2.06. The first-order valence-electron chi connectivity index (χ1n) is 7.33. The highest BCUT2D eigenvalue weighted by Gasteiger charge is 2.15. The van der Waals surface area contributed by atoms with Crippen molar-refractivity contribution in [1.82, 2.24) is 0 Å². The Morgan fingerprint density at radius 2 is 1.08 bits per heavy atom. The minimum Gasteiger partial charge on any atom is -0.320 e. The molecule has 25 heavy (non-hydrogen) atoms. The molecule has 3 rings (SSSR count). The lowest BCUT2D eigenvalue weighted by atomic mass is 10.3. The normalized spacial score (nSPS) is 10.3. The molecule has 126 valence electrons. The lowest BCUT2D eigenvalue weighted by molar-refractivity contribution is 0.102. The van der Waals surface area contributed by atoms with E-state index < -0.39 is 0 Å². The Morgan fingerprint density at radius 3 is 1.48 bits per heavy atom. The van der Waals surface area contributed by atoms with Crippen LogP contribution in [-0.2, 0) is 0 Å².